The van der Waals surface area contributed by atoms with Gasteiger partial charge in [0.15, 0.2) is 11.6 Å². The fourth-order valence-electron chi connectivity index (χ4n) is 1.97. The molecule has 118 valence electrons. The molecule has 0 bridgehead atoms. The van der Waals surface area contributed by atoms with Crippen LogP contribution in [0.25, 0.3) is 0 Å². The Morgan fingerprint density at radius 3 is 2.55 bits per heavy atom. The largest absolute Gasteiger partial charge is 0.465 e. The van der Waals surface area contributed by atoms with Crippen LogP contribution in [0.15, 0.2) is 33.6 Å². The molecule has 1 amide bonds. The van der Waals surface area contributed by atoms with Crippen molar-refractivity contribution >= 4 is 15.9 Å². The number of hydrogen-bond donors (Lipinski definition) is 1. The van der Waals surface area contributed by atoms with Crippen LogP contribution in [0.1, 0.15) is 17.1 Å². The van der Waals surface area contributed by atoms with Gasteiger partial charge in [-0.2, -0.15) is 0 Å². The molecule has 0 radical (unpaired) electrons. The van der Waals surface area contributed by atoms with E-state index in [2.05, 4.69) is 0 Å². The van der Waals surface area contributed by atoms with Crippen LogP contribution in [-0.4, -0.2) is 14.3 Å². The first-order valence-electron chi connectivity index (χ1n) is 6.26. The Hall–Kier alpha value is -2.22. The SMILES string of the molecule is Cc1cc(S(=O)(=O)NC(=O)Cc2cccc(F)c2F)c(C)o1. The Balaban J connectivity index is 2.18. The second-order valence-electron chi connectivity index (χ2n) is 4.70. The quantitative estimate of drug-likeness (QED) is 0.933. The van der Waals surface area contributed by atoms with Crippen molar-refractivity contribution < 1.29 is 26.4 Å². The van der Waals surface area contributed by atoms with Gasteiger partial charge in [-0.15, -0.1) is 0 Å². The highest BCUT2D eigenvalue weighted by atomic mass is 32.2. The van der Waals surface area contributed by atoms with Crippen LogP contribution in [0.2, 0.25) is 0 Å². The average Bonchev–Trinajstić information content (AvgIpc) is 2.74. The fraction of sp³-hybridized carbons (Fsp3) is 0.214. The zero-order valence-corrected chi connectivity index (χ0v) is 12.6. The van der Waals surface area contributed by atoms with Crippen LogP contribution in [0, 0.1) is 25.5 Å². The molecule has 1 heterocycles. The van der Waals surface area contributed by atoms with E-state index >= 15 is 0 Å². The van der Waals surface area contributed by atoms with Crippen molar-refractivity contribution in [2.45, 2.75) is 25.2 Å². The number of amides is 1. The van der Waals surface area contributed by atoms with Gasteiger partial charge in [0.25, 0.3) is 10.0 Å². The second kappa shape index (κ2) is 5.88. The molecular formula is C14H13F2NO4S. The van der Waals surface area contributed by atoms with E-state index in [-0.39, 0.29) is 16.2 Å². The maximum absolute atomic E-state index is 13.5. The summed E-state index contributed by atoms with van der Waals surface area (Å²) >= 11 is 0. The summed E-state index contributed by atoms with van der Waals surface area (Å²) in [6, 6.07) is 4.62. The highest BCUT2D eigenvalue weighted by Gasteiger charge is 2.23. The Morgan fingerprint density at radius 1 is 1.27 bits per heavy atom. The number of carbonyl (C=O) groups is 1. The summed E-state index contributed by atoms with van der Waals surface area (Å²) in [5.74, 6) is -2.74. The third-order valence-electron chi connectivity index (χ3n) is 2.92. The van der Waals surface area contributed by atoms with E-state index in [0.29, 0.717) is 5.76 Å². The van der Waals surface area contributed by atoms with Crippen molar-refractivity contribution in [3.63, 3.8) is 0 Å². The highest BCUT2D eigenvalue weighted by molar-refractivity contribution is 7.90. The van der Waals surface area contributed by atoms with Crippen LogP contribution in [0.4, 0.5) is 8.78 Å². The minimum absolute atomic E-state index is 0.134. The fourth-order valence-corrected chi connectivity index (χ4v) is 3.20. The maximum Gasteiger partial charge on any atom is 0.267 e. The normalized spacial score (nSPS) is 11.5. The van der Waals surface area contributed by atoms with Gasteiger partial charge in [-0.25, -0.2) is 21.9 Å². The first-order valence-corrected chi connectivity index (χ1v) is 7.74. The molecule has 0 saturated heterocycles. The number of furan rings is 1. The average molecular weight is 329 g/mol. The van der Waals surface area contributed by atoms with Gasteiger partial charge >= 0.3 is 0 Å². The van der Waals surface area contributed by atoms with Crippen molar-refractivity contribution in [3.05, 3.63) is 53.0 Å². The van der Waals surface area contributed by atoms with Crippen LogP contribution in [0.5, 0.6) is 0 Å². The summed E-state index contributed by atoms with van der Waals surface area (Å²) < 4.78 is 57.5. The third kappa shape index (κ3) is 3.33. The van der Waals surface area contributed by atoms with Crippen LogP contribution in [-0.2, 0) is 21.2 Å². The van der Waals surface area contributed by atoms with Crippen LogP contribution >= 0.6 is 0 Å². The zero-order chi connectivity index (χ0) is 16.5. The Labute approximate surface area is 126 Å². The monoisotopic (exact) mass is 329 g/mol. The predicted molar refractivity (Wildman–Crippen MR) is 73.6 cm³/mol. The van der Waals surface area contributed by atoms with E-state index in [1.54, 1.807) is 11.6 Å². The van der Waals surface area contributed by atoms with Crippen molar-refractivity contribution in [2.24, 2.45) is 0 Å². The molecule has 0 aliphatic rings. The summed E-state index contributed by atoms with van der Waals surface area (Å²) in [6.07, 6.45) is -0.599. The number of halogens is 2. The highest BCUT2D eigenvalue weighted by Crippen LogP contribution is 2.19. The predicted octanol–water partition coefficient (Wildman–Crippen LogP) is 2.22. The number of benzene rings is 1. The standard InChI is InChI=1S/C14H13F2NO4S/c1-8-6-12(9(2)21-8)22(19,20)17-13(18)7-10-4-3-5-11(15)14(10)16/h3-6H,7H2,1-2H3,(H,17,18). The lowest BCUT2D eigenvalue weighted by Gasteiger charge is -2.07. The minimum atomic E-state index is -4.12. The van der Waals surface area contributed by atoms with E-state index in [9.17, 15) is 22.0 Å². The molecule has 0 atom stereocenters. The van der Waals surface area contributed by atoms with E-state index in [1.807, 2.05) is 0 Å². The smallest absolute Gasteiger partial charge is 0.267 e. The van der Waals surface area contributed by atoms with Gasteiger partial charge in [-0.05, 0) is 19.9 Å². The number of hydrogen-bond acceptors (Lipinski definition) is 4. The van der Waals surface area contributed by atoms with Crippen molar-refractivity contribution in [3.8, 4) is 0 Å². The molecule has 0 aliphatic carbocycles. The third-order valence-corrected chi connectivity index (χ3v) is 4.40. The first-order chi connectivity index (χ1) is 10.2. The van der Waals surface area contributed by atoms with Gasteiger partial charge in [0.05, 0.1) is 6.42 Å². The topological polar surface area (TPSA) is 76.4 Å². The molecular weight excluding hydrogens is 316 g/mol. The molecule has 0 aliphatic heterocycles. The molecule has 5 nitrogen and oxygen atoms in total. The van der Waals surface area contributed by atoms with Gasteiger partial charge < -0.3 is 4.42 Å². The number of nitrogens with one attached hydrogen (secondary N) is 1. The van der Waals surface area contributed by atoms with Gasteiger partial charge in [0.2, 0.25) is 5.91 Å². The zero-order valence-electron chi connectivity index (χ0n) is 11.8. The molecule has 1 aromatic heterocycles. The molecule has 2 rings (SSSR count). The molecule has 0 saturated carbocycles. The molecule has 0 unspecified atom stereocenters. The molecule has 2 aromatic rings. The van der Waals surface area contributed by atoms with E-state index in [0.717, 1.165) is 6.07 Å². The summed E-state index contributed by atoms with van der Waals surface area (Å²) in [5.41, 5.74) is -0.229. The van der Waals surface area contributed by atoms with E-state index < -0.39 is 34.0 Å². The molecule has 1 aromatic carbocycles. The molecule has 0 fully saturated rings. The van der Waals surface area contributed by atoms with Gasteiger partial charge in [-0.1, -0.05) is 12.1 Å². The summed E-state index contributed by atoms with van der Waals surface area (Å²) in [7, 11) is -4.12. The lowest BCUT2D eigenvalue weighted by molar-refractivity contribution is -0.118. The number of aryl methyl sites for hydroxylation is 2. The Morgan fingerprint density at radius 2 is 1.95 bits per heavy atom. The molecule has 22 heavy (non-hydrogen) atoms. The Kier molecular flexibility index (Phi) is 4.32. The van der Waals surface area contributed by atoms with Crippen molar-refractivity contribution in [1.82, 2.24) is 4.72 Å². The number of carbonyl (C=O) groups excluding carboxylic acids is 1. The lowest BCUT2D eigenvalue weighted by Crippen LogP contribution is -2.32. The molecule has 1 N–H and O–H groups in total. The van der Waals surface area contributed by atoms with Gasteiger partial charge in [0.1, 0.15) is 16.4 Å². The minimum Gasteiger partial charge on any atom is -0.465 e. The Bertz CT molecular complexity index is 827. The molecule has 8 heteroatoms. The van der Waals surface area contributed by atoms with Crippen LogP contribution in [0.3, 0.4) is 0 Å². The van der Waals surface area contributed by atoms with Gasteiger partial charge in [-0.3, -0.25) is 4.79 Å². The maximum atomic E-state index is 13.5. The van der Waals surface area contributed by atoms with E-state index in [1.165, 1.54) is 25.1 Å². The van der Waals surface area contributed by atoms with Crippen LogP contribution < -0.4 is 4.72 Å². The second-order valence-corrected chi connectivity index (χ2v) is 6.35. The first kappa shape index (κ1) is 16.2. The molecule has 0 spiro atoms. The summed E-state index contributed by atoms with van der Waals surface area (Å²) in [6.45, 7) is 3.01. The number of rotatable bonds is 4. The van der Waals surface area contributed by atoms with Gasteiger partial charge in [0, 0.05) is 11.6 Å². The van der Waals surface area contributed by atoms with E-state index in [4.69, 9.17) is 4.42 Å². The summed E-state index contributed by atoms with van der Waals surface area (Å²) in [5, 5.41) is 0. The number of sulfonamides is 1. The lowest BCUT2D eigenvalue weighted by atomic mass is 10.1. The summed E-state index contributed by atoms with van der Waals surface area (Å²) in [4.78, 5) is 11.6. The van der Waals surface area contributed by atoms with Crippen molar-refractivity contribution in [2.75, 3.05) is 0 Å². The van der Waals surface area contributed by atoms with Crippen molar-refractivity contribution in [1.29, 1.82) is 0 Å².